The maximum Gasteiger partial charge on any atom is 0.394 e. The number of rotatable bonds is 2. The maximum atomic E-state index is 9.30. The molecule has 0 saturated heterocycles. The Kier molecular flexibility index (Phi) is 7.40. The summed E-state index contributed by atoms with van der Waals surface area (Å²) in [5.41, 5.74) is 12.9. The number of phenols is 1. The highest BCUT2D eigenvalue weighted by Gasteiger charge is 2.02. The van der Waals surface area contributed by atoms with Gasteiger partial charge in [0.2, 0.25) is 11.8 Å². The van der Waals surface area contributed by atoms with Crippen LogP contribution in [0, 0.1) is 0 Å². The monoisotopic (exact) mass is 387 g/mol. The lowest BCUT2D eigenvalue weighted by atomic mass is 10.1. The number of aromatic amines is 1. The fourth-order valence-corrected chi connectivity index (χ4v) is 1.99. The number of aromatic hydroxyl groups is 2. The van der Waals surface area contributed by atoms with Crippen molar-refractivity contribution in [3.63, 3.8) is 0 Å². The third kappa shape index (κ3) is 7.40. The topological polar surface area (TPSA) is 201 Å². The lowest BCUT2D eigenvalue weighted by molar-refractivity contribution is 0.381. The average molecular weight is 387 g/mol. The number of H-pyrrole nitrogens is 1. The van der Waals surface area contributed by atoms with Crippen LogP contribution in [0.2, 0.25) is 0 Å². The third-order valence-electron chi connectivity index (χ3n) is 3.06. The molecule has 11 nitrogen and oxygen atoms in total. The number of nitrogens with one attached hydrogen (secondary N) is 1. The standard InChI is InChI=1S/C10H12N2O.C4H7N3O.H2O4S/c11-4-3-7-6-12-10-2-1-8(13)5-9(7)10;1-7-2-3(8)6-4(7)5;1-5(2,3)4/h1-2,5-6,12-13H,3-4,11H2;2,8H,1H3,(H2,5,6);(H2,1,2,3,4). The first kappa shape index (κ1) is 21.2. The summed E-state index contributed by atoms with van der Waals surface area (Å²) >= 11 is 0. The van der Waals surface area contributed by atoms with E-state index in [4.69, 9.17) is 34.1 Å². The molecule has 0 saturated carbocycles. The van der Waals surface area contributed by atoms with Crippen LogP contribution in [0.25, 0.3) is 10.9 Å². The highest BCUT2D eigenvalue weighted by Crippen LogP contribution is 2.22. The summed E-state index contributed by atoms with van der Waals surface area (Å²) in [6.45, 7) is 0.628. The van der Waals surface area contributed by atoms with Crippen molar-refractivity contribution in [3.8, 4) is 11.6 Å². The van der Waals surface area contributed by atoms with Gasteiger partial charge in [0.15, 0.2) is 0 Å². The zero-order chi connectivity index (χ0) is 19.9. The third-order valence-corrected chi connectivity index (χ3v) is 3.06. The van der Waals surface area contributed by atoms with E-state index in [1.165, 1.54) is 10.8 Å². The molecule has 26 heavy (non-hydrogen) atoms. The first-order chi connectivity index (χ1) is 12.0. The number of imidazole rings is 1. The molecule has 9 N–H and O–H groups in total. The fourth-order valence-electron chi connectivity index (χ4n) is 1.99. The van der Waals surface area contributed by atoms with Crippen LogP contribution < -0.4 is 11.5 Å². The molecule has 0 atom stereocenters. The number of nitrogen functional groups attached to an aromatic ring is 1. The van der Waals surface area contributed by atoms with Gasteiger partial charge in [0.25, 0.3) is 0 Å². The Labute approximate surface area is 149 Å². The largest absolute Gasteiger partial charge is 0.508 e. The van der Waals surface area contributed by atoms with Gasteiger partial charge in [-0.3, -0.25) is 9.11 Å². The molecule has 2 heterocycles. The average Bonchev–Trinajstić information content (AvgIpc) is 3.01. The summed E-state index contributed by atoms with van der Waals surface area (Å²) < 4.78 is 33.1. The summed E-state index contributed by atoms with van der Waals surface area (Å²) in [7, 11) is -2.96. The van der Waals surface area contributed by atoms with Crippen molar-refractivity contribution in [2.24, 2.45) is 12.8 Å². The summed E-state index contributed by atoms with van der Waals surface area (Å²) in [5.74, 6) is 0.581. The normalized spacial score (nSPS) is 10.6. The molecule has 0 amide bonds. The van der Waals surface area contributed by atoms with Crippen LogP contribution in [0.3, 0.4) is 0 Å². The minimum atomic E-state index is -4.67. The van der Waals surface area contributed by atoms with Gasteiger partial charge in [-0.25, -0.2) is 0 Å². The molecule has 0 bridgehead atoms. The predicted molar refractivity (Wildman–Crippen MR) is 96.2 cm³/mol. The van der Waals surface area contributed by atoms with E-state index in [0.717, 1.165) is 22.9 Å². The van der Waals surface area contributed by atoms with Gasteiger partial charge in [-0.1, -0.05) is 0 Å². The molecule has 0 radical (unpaired) electrons. The number of hydrogen-bond acceptors (Lipinski definition) is 7. The predicted octanol–water partition coefficient (Wildman–Crippen LogP) is 0.430. The van der Waals surface area contributed by atoms with Crippen LogP contribution in [0.15, 0.2) is 30.6 Å². The second-order valence-electron chi connectivity index (χ2n) is 5.10. The summed E-state index contributed by atoms with van der Waals surface area (Å²) in [4.78, 5) is 6.64. The summed E-state index contributed by atoms with van der Waals surface area (Å²) in [5, 5.41) is 19.0. The van der Waals surface area contributed by atoms with E-state index < -0.39 is 10.4 Å². The molecular formula is C14H21N5O6S. The van der Waals surface area contributed by atoms with E-state index in [0.29, 0.717) is 18.2 Å². The van der Waals surface area contributed by atoms with Gasteiger partial charge in [-0.15, -0.1) is 0 Å². The molecule has 3 rings (SSSR count). The maximum absolute atomic E-state index is 9.30. The number of aromatic nitrogens is 3. The molecule has 2 aromatic heterocycles. The van der Waals surface area contributed by atoms with E-state index >= 15 is 0 Å². The highest BCUT2D eigenvalue weighted by molar-refractivity contribution is 7.79. The summed E-state index contributed by atoms with van der Waals surface area (Å²) in [6.07, 6.45) is 4.22. The van der Waals surface area contributed by atoms with Gasteiger partial charge < -0.3 is 31.2 Å². The Bertz CT molecular complexity index is 923. The Balaban J connectivity index is 0.000000223. The van der Waals surface area contributed by atoms with Crippen molar-refractivity contribution in [1.82, 2.24) is 14.5 Å². The lowest BCUT2D eigenvalue weighted by Gasteiger charge is -1.96. The minimum Gasteiger partial charge on any atom is -0.508 e. The Morgan fingerprint density at radius 3 is 2.31 bits per heavy atom. The highest BCUT2D eigenvalue weighted by atomic mass is 32.3. The number of nitrogens with two attached hydrogens (primary N) is 2. The zero-order valence-electron chi connectivity index (χ0n) is 13.9. The number of benzene rings is 1. The molecule has 12 heteroatoms. The number of fused-ring (bicyclic) bond motifs is 1. The van der Waals surface area contributed by atoms with Crippen LogP contribution in [0.1, 0.15) is 5.56 Å². The van der Waals surface area contributed by atoms with Crippen LogP contribution in [-0.2, 0) is 23.9 Å². The van der Waals surface area contributed by atoms with Crippen molar-refractivity contribution in [2.75, 3.05) is 12.3 Å². The van der Waals surface area contributed by atoms with E-state index in [9.17, 15) is 5.11 Å². The smallest absolute Gasteiger partial charge is 0.394 e. The second-order valence-corrected chi connectivity index (χ2v) is 5.99. The van der Waals surface area contributed by atoms with Crippen LogP contribution in [0.4, 0.5) is 5.95 Å². The summed E-state index contributed by atoms with van der Waals surface area (Å²) in [6, 6.07) is 5.30. The molecular weight excluding hydrogens is 366 g/mol. The zero-order valence-corrected chi connectivity index (χ0v) is 14.7. The van der Waals surface area contributed by atoms with Gasteiger partial charge in [0, 0.05) is 24.1 Å². The molecule has 0 aliphatic carbocycles. The van der Waals surface area contributed by atoms with Crippen LogP contribution in [-0.4, -0.2) is 48.8 Å². The molecule has 1 aromatic carbocycles. The Morgan fingerprint density at radius 1 is 1.27 bits per heavy atom. The van der Waals surface area contributed by atoms with Crippen LogP contribution >= 0.6 is 0 Å². The van der Waals surface area contributed by atoms with Gasteiger partial charge in [-0.05, 0) is 36.7 Å². The van der Waals surface area contributed by atoms with Crippen molar-refractivity contribution >= 4 is 27.3 Å². The Hall–Kier alpha value is -2.80. The quantitative estimate of drug-likeness (QED) is 0.304. The molecule has 0 aliphatic heterocycles. The van der Waals surface area contributed by atoms with E-state index in [-0.39, 0.29) is 5.88 Å². The van der Waals surface area contributed by atoms with E-state index in [1.54, 1.807) is 19.2 Å². The lowest BCUT2D eigenvalue weighted by Crippen LogP contribution is -2.01. The number of phenolic OH excluding ortho intramolecular Hbond substituents is 1. The van der Waals surface area contributed by atoms with Crippen molar-refractivity contribution in [1.29, 1.82) is 0 Å². The van der Waals surface area contributed by atoms with E-state index in [2.05, 4.69) is 9.97 Å². The van der Waals surface area contributed by atoms with Gasteiger partial charge in [-0.2, -0.15) is 13.4 Å². The molecule has 144 valence electrons. The fraction of sp³-hybridized carbons (Fsp3) is 0.214. The van der Waals surface area contributed by atoms with Crippen molar-refractivity contribution in [3.05, 3.63) is 36.2 Å². The Morgan fingerprint density at radius 2 is 1.88 bits per heavy atom. The number of hydrogen-bond donors (Lipinski definition) is 7. The van der Waals surface area contributed by atoms with Gasteiger partial charge in [0.05, 0.1) is 6.20 Å². The second kappa shape index (κ2) is 9.05. The molecule has 0 spiro atoms. The van der Waals surface area contributed by atoms with Crippen molar-refractivity contribution < 1.29 is 27.7 Å². The number of anilines is 1. The molecule has 0 unspecified atom stereocenters. The van der Waals surface area contributed by atoms with Crippen molar-refractivity contribution in [2.45, 2.75) is 6.42 Å². The van der Waals surface area contributed by atoms with E-state index in [1.807, 2.05) is 12.3 Å². The SMILES string of the molecule is Cn1cc(O)nc1N.NCCc1c[nH]c2ccc(O)cc12.O=S(=O)(O)O. The minimum absolute atomic E-state index is 0.0370. The number of aryl methyl sites for hydroxylation is 1. The number of nitrogens with zero attached hydrogens (tertiary/aromatic N) is 2. The van der Waals surface area contributed by atoms with Gasteiger partial charge in [0.1, 0.15) is 5.75 Å². The first-order valence-electron chi connectivity index (χ1n) is 7.18. The van der Waals surface area contributed by atoms with Gasteiger partial charge >= 0.3 is 10.4 Å². The molecule has 0 aliphatic rings. The molecule has 0 fully saturated rings. The van der Waals surface area contributed by atoms with Crippen LogP contribution in [0.5, 0.6) is 11.6 Å². The molecule has 3 aromatic rings. The first-order valence-corrected chi connectivity index (χ1v) is 8.57.